The second-order valence-corrected chi connectivity index (χ2v) is 7.23. The van der Waals surface area contributed by atoms with Gasteiger partial charge < -0.3 is 4.74 Å². The molecule has 1 nitrogen and oxygen atoms in total. The zero-order valence-electron chi connectivity index (χ0n) is 13.8. The van der Waals surface area contributed by atoms with Gasteiger partial charge in [0.2, 0.25) is 0 Å². The van der Waals surface area contributed by atoms with Crippen LogP contribution in [0.2, 0.25) is 0 Å². The fourth-order valence-corrected chi connectivity index (χ4v) is 4.78. The number of thiophene rings is 1. The van der Waals surface area contributed by atoms with Crippen molar-refractivity contribution in [1.29, 1.82) is 0 Å². The molecule has 1 heterocycles. The van der Waals surface area contributed by atoms with Gasteiger partial charge in [-0.3, -0.25) is 0 Å². The highest BCUT2D eigenvalue weighted by Crippen LogP contribution is 2.42. The molecule has 120 valence electrons. The van der Waals surface area contributed by atoms with E-state index in [4.69, 9.17) is 4.74 Å². The Hall–Kier alpha value is -2.84. The lowest BCUT2D eigenvalue weighted by Gasteiger charge is -2.09. The Morgan fingerprint density at radius 3 is 2.12 bits per heavy atom. The van der Waals surface area contributed by atoms with Gasteiger partial charge in [0.05, 0.1) is 7.11 Å². The van der Waals surface area contributed by atoms with Crippen molar-refractivity contribution in [3.63, 3.8) is 0 Å². The Morgan fingerprint density at radius 2 is 1.36 bits per heavy atom. The van der Waals surface area contributed by atoms with Crippen molar-refractivity contribution in [3.05, 3.63) is 78.9 Å². The Balaban J connectivity index is 1.91. The summed E-state index contributed by atoms with van der Waals surface area (Å²) < 4.78 is 8.02. The quantitative estimate of drug-likeness (QED) is 0.340. The molecular weight excluding hydrogens is 324 g/mol. The lowest BCUT2D eigenvalue weighted by atomic mass is 9.95. The van der Waals surface area contributed by atoms with Gasteiger partial charge in [0.25, 0.3) is 0 Å². The summed E-state index contributed by atoms with van der Waals surface area (Å²) in [5.41, 5.74) is 2.49. The largest absolute Gasteiger partial charge is 0.497 e. The van der Waals surface area contributed by atoms with E-state index >= 15 is 0 Å². The number of fused-ring (bicyclic) bond motifs is 5. The van der Waals surface area contributed by atoms with Crippen LogP contribution in [0.25, 0.3) is 42.1 Å². The highest BCUT2D eigenvalue weighted by atomic mass is 32.1. The van der Waals surface area contributed by atoms with Crippen LogP contribution in [0, 0.1) is 0 Å². The second-order valence-electron chi connectivity index (χ2n) is 6.17. The highest BCUT2D eigenvalue weighted by Gasteiger charge is 2.12. The number of methoxy groups -OCH3 is 1. The van der Waals surface area contributed by atoms with Crippen molar-refractivity contribution in [3.8, 4) is 16.9 Å². The number of hydrogen-bond acceptors (Lipinski definition) is 2. The maximum atomic E-state index is 5.31. The first kappa shape index (κ1) is 14.5. The molecule has 0 saturated heterocycles. The highest BCUT2D eigenvalue weighted by molar-refractivity contribution is 7.26. The summed E-state index contributed by atoms with van der Waals surface area (Å²) in [5.74, 6) is 0.884. The molecule has 4 aromatic carbocycles. The van der Waals surface area contributed by atoms with Gasteiger partial charge in [0, 0.05) is 25.6 Å². The fraction of sp³-hybridized carbons (Fsp3) is 0.0435. The molecule has 25 heavy (non-hydrogen) atoms. The summed E-state index contributed by atoms with van der Waals surface area (Å²) in [4.78, 5) is 0. The molecule has 0 atom stereocenters. The third kappa shape index (κ3) is 2.22. The summed E-state index contributed by atoms with van der Waals surface area (Å²) in [5, 5.41) is 5.30. The van der Waals surface area contributed by atoms with E-state index < -0.39 is 0 Å². The number of ether oxygens (including phenoxy) is 1. The Labute approximate surface area is 150 Å². The van der Waals surface area contributed by atoms with Crippen molar-refractivity contribution < 1.29 is 4.74 Å². The Morgan fingerprint density at radius 1 is 0.680 bits per heavy atom. The lowest BCUT2D eigenvalue weighted by molar-refractivity contribution is 0.415. The summed E-state index contributed by atoms with van der Waals surface area (Å²) in [6.07, 6.45) is 0. The predicted octanol–water partition coefficient (Wildman–Crippen LogP) is 6.88. The van der Waals surface area contributed by atoms with E-state index in [1.807, 2.05) is 23.5 Å². The van der Waals surface area contributed by atoms with Gasteiger partial charge in [-0.15, -0.1) is 11.3 Å². The van der Waals surface area contributed by atoms with Crippen LogP contribution in [-0.4, -0.2) is 7.11 Å². The maximum absolute atomic E-state index is 5.31. The van der Waals surface area contributed by atoms with Crippen LogP contribution in [0.15, 0.2) is 78.9 Å². The maximum Gasteiger partial charge on any atom is 0.118 e. The molecule has 0 radical (unpaired) electrons. The van der Waals surface area contributed by atoms with Gasteiger partial charge in [0.15, 0.2) is 0 Å². The van der Waals surface area contributed by atoms with E-state index in [9.17, 15) is 0 Å². The summed E-state index contributed by atoms with van der Waals surface area (Å²) in [6, 6.07) is 28.1. The van der Waals surface area contributed by atoms with Gasteiger partial charge in [0.1, 0.15) is 5.75 Å². The third-order valence-corrected chi connectivity index (χ3v) is 6.01. The SMILES string of the molecule is COc1ccc(-c2cc3c4ccccc4sc3c3ccccc23)cc1. The summed E-state index contributed by atoms with van der Waals surface area (Å²) in [7, 11) is 1.70. The molecule has 5 rings (SSSR count). The van der Waals surface area contributed by atoms with E-state index in [2.05, 4.69) is 66.7 Å². The first-order chi connectivity index (χ1) is 12.3. The van der Waals surface area contributed by atoms with Gasteiger partial charge in [-0.1, -0.05) is 54.6 Å². The molecular formula is C23H16OS. The van der Waals surface area contributed by atoms with E-state index in [-0.39, 0.29) is 0 Å². The van der Waals surface area contributed by atoms with Crippen LogP contribution in [0.5, 0.6) is 5.75 Å². The molecule has 5 aromatic rings. The van der Waals surface area contributed by atoms with Crippen molar-refractivity contribution in [2.45, 2.75) is 0 Å². The van der Waals surface area contributed by atoms with Crippen LogP contribution < -0.4 is 4.74 Å². The number of rotatable bonds is 2. The van der Waals surface area contributed by atoms with Gasteiger partial charge in [-0.05, 0) is 40.8 Å². The first-order valence-electron chi connectivity index (χ1n) is 8.32. The molecule has 0 saturated carbocycles. The van der Waals surface area contributed by atoms with Gasteiger partial charge >= 0.3 is 0 Å². The number of benzene rings is 4. The second kappa shape index (κ2) is 5.61. The molecule has 0 N–H and O–H groups in total. The van der Waals surface area contributed by atoms with E-state index in [0.29, 0.717) is 0 Å². The minimum absolute atomic E-state index is 0.884. The van der Waals surface area contributed by atoms with E-state index in [1.165, 1.54) is 42.1 Å². The fourth-order valence-electron chi connectivity index (χ4n) is 3.56. The normalized spacial score (nSPS) is 11.4. The zero-order chi connectivity index (χ0) is 16.8. The van der Waals surface area contributed by atoms with Crippen molar-refractivity contribution in [1.82, 2.24) is 0 Å². The molecule has 0 bridgehead atoms. The van der Waals surface area contributed by atoms with Crippen LogP contribution in [-0.2, 0) is 0 Å². The number of hydrogen-bond donors (Lipinski definition) is 0. The van der Waals surface area contributed by atoms with Gasteiger partial charge in [-0.2, -0.15) is 0 Å². The van der Waals surface area contributed by atoms with Gasteiger partial charge in [-0.25, -0.2) is 0 Å². The lowest BCUT2D eigenvalue weighted by Crippen LogP contribution is -1.85. The summed E-state index contributed by atoms with van der Waals surface area (Å²) >= 11 is 1.88. The Bertz CT molecular complexity index is 1220. The van der Waals surface area contributed by atoms with Crippen LogP contribution in [0.1, 0.15) is 0 Å². The monoisotopic (exact) mass is 340 g/mol. The average molecular weight is 340 g/mol. The zero-order valence-corrected chi connectivity index (χ0v) is 14.6. The standard InChI is InChI=1S/C23H16OS/c1-24-16-12-10-15(11-13-16)20-14-21-18-7-4-5-9-22(18)25-23(21)19-8-3-2-6-17(19)20/h2-14H,1H3. The minimum Gasteiger partial charge on any atom is -0.497 e. The van der Waals surface area contributed by atoms with Crippen molar-refractivity contribution in [2.75, 3.05) is 7.11 Å². The smallest absolute Gasteiger partial charge is 0.118 e. The van der Waals surface area contributed by atoms with E-state index in [0.717, 1.165) is 5.75 Å². The average Bonchev–Trinajstić information content (AvgIpc) is 3.06. The molecule has 0 fully saturated rings. The molecule has 2 heteroatoms. The molecule has 0 spiro atoms. The molecule has 0 aliphatic rings. The topological polar surface area (TPSA) is 9.23 Å². The summed E-state index contributed by atoms with van der Waals surface area (Å²) in [6.45, 7) is 0. The predicted molar refractivity (Wildman–Crippen MR) is 109 cm³/mol. The van der Waals surface area contributed by atoms with Crippen LogP contribution in [0.3, 0.4) is 0 Å². The molecule has 0 aliphatic heterocycles. The first-order valence-corrected chi connectivity index (χ1v) is 9.14. The Kier molecular flexibility index (Phi) is 3.25. The van der Waals surface area contributed by atoms with Crippen molar-refractivity contribution in [2.24, 2.45) is 0 Å². The molecule has 0 unspecified atom stereocenters. The molecule has 1 aromatic heterocycles. The van der Waals surface area contributed by atoms with Crippen LogP contribution >= 0.6 is 11.3 Å². The van der Waals surface area contributed by atoms with Crippen LogP contribution in [0.4, 0.5) is 0 Å². The van der Waals surface area contributed by atoms with E-state index in [1.54, 1.807) is 7.11 Å². The molecule has 0 amide bonds. The third-order valence-electron chi connectivity index (χ3n) is 4.79. The minimum atomic E-state index is 0.884. The van der Waals surface area contributed by atoms with Crippen molar-refractivity contribution >= 4 is 42.3 Å². The molecule has 0 aliphatic carbocycles.